The van der Waals surface area contributed by atoms with E-state index in [1.54, 1.807) is 0 Å². The van der Waals surface area contributed by atoms with E-state index in [0.29, 0.717) is 78.2 Å². The van der Waals surface area contributed by atoms with Gasteiger partial charge in [0, 0.05) is 58.9 Å². The second kappa shape index (κ2) is 36.7. The molecule has 1 heterocycles. The molecule has 3 N–H and O–H groups in total. The molecule has 1 aromatic rings. The Bertz CT molecular complexity index is 1250. The second-order valence-electron chi connectivity index (χ2n) is 18.9. The van der Waals surface area contributed by atoms with Crippen molar-refractivity contribution in [2.45, 2.75) is 232 Å². The summed E-state index contributed by atoms with van der Waals surface area (Å²) in [4.78, 5) is 47.9. The second-order valence-corrected chi connectivity index (χ2v) is 18.9. The number of hydrogen-bond acceptors (Lipinski definition) is 7. The SMILES string of the molecule is CCCCCCCCc1ccc(CN2CCN(C(CCCCCCCC)C(=O)O)CCN(C(CCCCCCCC)C(=O)O)CCN(C(CCCCCCCC)C(=O)O)CC2)cc1. The van der Waals surface area contributed by atoms with Crippen LogP contribution in [0.25, 0.3) is 0 Å². The van der Waals surface area contributed by atoms with Gasteiger partial charge in [-0.3, -0.25) is 34.0 Å². The number of carboxylic acid groups (broad SMARTS) is 3. The van der Waals surface area contributed by atoms with E-state index in [1.165, 1.54) is 94.6 Å². The summed E-state index contributed by atoms with van der Waals surface area (Å²) in [6, 6.07) is 7.01. The van der Waals surface area contributed by atoms with Crippen LogP contribution in [0, 0.1) is 0 Å². The smallest absolute Gasteiger partial charge is 0.320 e. The number of hydrogen-bond donors (Lipinski definition) is 3. The molecule has 2 rings (SSSR count). The molecule has 0 bridgehead atoms. The van der Waals surface area contributed by atoms with Gasteiger partial charge in [0.15, 0.2) is 0 Å². The Balaban J connectivity index is 2.43. The molecule has 1 aliphatic rings. The lowest BCUT2D eigenvalue weighted by Gasteiger charge is -2.39. The van der Waals surface area contributed by atoms with Crippen LogP contribution in [0.2, 0.25) is 0 Å². The van der Waals surface area contributed by atoms with Gasteiger partial charge in [-0.1, -0.05) is 200 Å². The van der Waals surface area contributed by atoms with E-state index >= 15 is 0 Å². The molecule has 0 aromatic heterocycles. The topological polar surface area (TPSA) is 125 Å². The Hall–Kier alpha value is -2.53. The Morgan fingerprint density at radius 2 is 0.667 bits per heavy atom. The van der Waals surface area contributed by atoms with Gasteiger partial charge in [-0.05, 0) is 43.2 Å². The van der Waals surface area contributed by atoms with Crippen molar-refractivity contribution in [2.24, 2.45) is 0 Å². The molecule has 0 aliphatic carbocycles. The first kappa shape index (κ1) is 56.6. The predicted octanol–water partition coefficient (Wildman–Crippen LogP) is 11.9. The van der Waals surface area contributed by atoms with Crippen LogP contribution < -0.4 is 0 Å². The van der Waals surface area contributed by atoms with Crippen molar-refractivity contribution < 1.29 is 29.7 Å². The third-order valence-electron chi connectivity index (χ3n) is 13.7. The molecule has 1 saturated heterocycles. The van der Waals surface area contributed by atoms with Crippen molar-refractivity contribution >= 4 is 17.9 Å². The van der Waals surface area contributed by atoms with Gasteiger partial charge < -0.3 is 15.3 Å². The zero-order valence-electron chi connectivity index (χ0n) is 41.1. The van der Waals surface area contributed by atoms with Crippen molar-refractivity contribution in [3.8, 4) is 0 Å². The number of aliphatic carboxylic acids is 3. The summed E-state index contributed by atoms with van der Waals surface area (Å²) in [5.41, 5.74) is 2.57. The Kier molecular flexibility index (Phi) is 32.9. The minimum absolute atomic E-state index is 0.427. The molecule has 3 atom stereocenters. The largest absolute Gasteiger partial charge is 0.480 e. The standard InChI is InChI=1S/C53H96N4O6/c1-5-9-13-17-21-25-29-46-33-35-47(36-34-46)45-54-37-39-55(48(51(58)59)30-26-22-18-14-10-6-2)41-43-57(50(53(62)63)32-28-24-20-16-12-8-4)44-42-56(40-38-54)49(52(60)61)31-27-23-19-15-11-7-3/h33-36,48-50H,5-32,37-45H2,1-4H3,(H,58,59)(H,60,61)(H,62,63). The maximum absolute atomic E-state index is 13.1. The predicted molar refractivity (Wildman–Crippen MR) is 262 cm³/mol. The number of carbonyl (C=O) groups is 3. The summed E-state index contributed by atoms with van der Waals surface area (Å²) >= 11 is 0. The third kappa shape index (κ3) is 25.7. The first-order valence-corrected chi connectivity index (χ1v) is 26.4. The average molecular weight is 885 g/mol. The maximum atomic E-state index is 13.1. The molecule has 10 nitrogen and oxygen atoms in total. The molecule has 0 amide bonds. The van der Waals surface area contributed by atoms with Gasteiger partial charge in [-0.2, -0.15) is 0 Å². The normalized spacial score (nSPS) is 16.9. The van der Waals surface area contributed by atoms with Crippen molar-refractivity contribution in [3.05, 3.63) is 35.4 Å². The summed E-state index contributed by atoms with van der Waals surface area (Å²) < 4.78 is 0. The fourth-order valence-electron chi connectivity index (χ4n) is 9.51. The lowest BCUT2D eigenvalue weighted by Crippen LogP contribution is -2.54. The van der Waals surface area contributed by atoms with Crippen molar-refractivity contribution in [3.63, 3.8) is 0 Å². The van der Waals surface area contributed by atoms with Crippen molar-refractivity contribution in [1.29, 1.82) is 0 Å². The summed E-state index contributed by atoms with van der Waals surface area (Å²) in [7, 11) is 0. The highest BCUT2D eigenvalue weighted by atomic mass is 16.4. The molecule has 1 aromatic carbocycles. The van der Waals surface area contributed by atoms with Crippen LogP contribution in [0.4, 0.5) is 0 Å². The molecule has 10 heteroatoms. The lowest BCUT2D eigenvalue weighted by molar-refractivity contribution is -0.147. The molecule has 0 spiro atoms. The zero-order chi connectivity index (χ0) is 45.9. The van der Waals surface area contributed by atoms with Gasteiger partial charge in [-0.15, -0.1) is 0 Å². The van der Waals surface area contributed by atoms with E-state index in [4.69, 9.17) is 0 Å². The van der Waals surface area contributed by atoms with Crippen LogP contribution in [0.5, 0.6) is 0 Å². The summed E-state index contributed by atoms with van der Waals surface area (Å²) in [6.07, 6.45) is 30.0. The molecule has 1 aliphatic heterocycles. The van der Waals surface area contributed by atoms with Crippen LogP contribution in [0.1, 0.15) is 212 Å². The van der Waals surface area contributed by atoms with E-state index in [-0.39, 0.29) is 0 Å². The quantitative estimate of drug-likeness (QED) is 0.0561. The molecule has 3 unspecified atom stereocenters. The summed E-state index contributed by atoms with van der Waals surface area (Å²) in [6.45, 7) is 13.7. The van der Waals surface area contributed by atoms with Crippen molar-refractivity contribution in [2.75, 3.05) is 52.4 Å². The third-order valence-corrected chi connectivity index (χ3v) is 13.7. The van der Waals surface area contributed by atoms with Crippen molar-refractivity contribution in [1.82, 2.24) is 19.6 Å². The minimum atomic E-state index is -0.846. The summed E-state index contributed by atoms with van der Waals surface area (Å²) in [5.74, 6) is -2.45. The number of nitrogens with zero attached hydrogens (tertiary/aromatic N) is 4. The fourth-order valence-corrected chi connectivity index (χ4v) is 9.51. The van der Waals surface area contributed by atoms with E-state index < -0.39 is 36.0 Å². The van der Waals surface area contributed by atoms with Crippen LogP contribution in [0.3, 0.4) is 0 Å². The number of carboxylic acids is 3. The first-order valence-electron chi connectivity index (χ1n) is 26.4. The lowest BCUT2D eigenvalue weighted by atomic mass is 10.0. The van der Waals surface area contributed by atoms with Crippen LogP contribution >= 0.6 is 0 Å². The highest BCUT2D eigenvalue weighted by molar-refractivity contribution is 5.74. The number of aryl methyl sites for hydroxylation is 1. The van der Waals surface area contributed by atoms with Crippen LogP contribution in [-0.4, -0.2) is 123 Å². The molecule has 364 valence electrons. The zero-order valence-corrected chi connectivity index (χ0v) is 41.1. The summed E-state index contributed by atoms with van der Waals surface area (Å²) in [5, 5.41) is 32.1. The minimum Gasteiger partial charge on any atom is -0.480 e. The van der Waals surface area contributed by atoms with Gasteiger partial charge in [0.05, 0.1) is 0 Å². The average Bonchev–Trinajstić information content (AvgIpc) is 3.26. The van der Waals surface area contributed by atoms with Gasteiger partial charge in [0.2, 0.25) is 0 Å². The van der Waals surface area contributed by atoms with E-state index in [1.807, 2.05) is 4.90 Å². The van der Waals surface area contributed by atoms with E-state index in [9.17, 15) is 29.7 Å². The molecule has 0 saturated carbocycles. The first-order chi connectivity index (χ1) is 30.6. The monoisotopic (exact) mass is 885 g/mol. The molecular weight excluding hydrogens is 789 g/mol. The fraction of sp³-hybridized carbons (Fsp3) is 0.830. The van der Waals surface area contributed by atoms with Crippen LogP contribution in [0.15, 0.2) is 24.3 Å². The van der Waals surface area contributed by atoms with Crippen LogP contribution in [-0.2, 0) is 27.3 Å². The number of rotatable bonds is 36. The molecule has 0 radical (unpaired) electrons. The van der Waals surface area contributed by atoms with E-state index in [2.05, 4.69) is 66.7 Å². The number of benzene rings is 1. The maximum Gasteiger partial charge on any atom is 0.320 e. The highest BCUT2D eigenvalue weighted by Gasteiger charge is 2.32. The van der Waals surface area contributed by atoms with Gasteiger partial charge >= 0.3 is 17.9 Å². The Labute approximate surface area is 385 Å². The van der Waals surface area contributed by atoms with Gasteiger partial charge in [0.1, 0.15) is 18.1 Å². The van der Waals surface area contributed by atoms with Gasteiger partial charge in [0.25, 0.3) is 0 Å². The molecule has 1 fully saturated rings. The number of unbranched alkanes of at least 4 members (excludes halogenated alkanes) is 20. The highest BCUT2D eigenvalue weighted by Crippen LogP contribution is 2.20. The molecular formula is C53H96N4O6. The molecule has 63 heavy (non-hydrogen) atoms. The Morgan fingerprint density at radius 3 is 0.984 bits per heavy atom. The Morgan fingerprint density at radius 1 is 0.397 bits per heavy atom. The van der Waals surface area contributed by atoms with E-state index in [0.717, 1.165) is 77.0 Å². The van der Waals surface area contributed by atoms with Gasteiger partial charge in [-0.25, -0.2) is 0 Å².